The van der Waals surface area contributed by atoms with Crippen LogP contribution in [0, 0.1) is 10.1 Å². The van der Waals surface area contributed by atoms with Gasteiger partial charge in [-0.1, -0.05) is 6.07 Å². The number of nitrogens with zero attached hydrogens (tertiary/aromatic N) is 2. The number of aromatic nitrogens is 1. The summed E-state index contributed by atoms with van der Waals surface area (Å²) in [6.45, 7) is 0.738. The van der Waals surface area contributed by atoms with Gasteiger partial charge < -0.3 is 15.0 Å². The third kappa shape index (κ3) is 4.07. The molecule has 0 unspecified atom stereocenters. The molecule has 21 heavy (non-hydrogen) atoms. The van der Waals surface area contributed by atoms with Crippen LogP contribution >= 0.6 is 0 Å². The first-order valence-corrected chi connectivity index (χ1v) is 6.39. The monoisotopic (exact) mass is 289 g/mol. The van der Waals surface area contributed by atoms with Gasteiger partial charge in [0.15, 0.2) is 0 Å². The van der Waals surface area contributed by atoms with Crippen LogP contribution in [0.2, 0.25) is 0 Å². The molecule has 0 fully saturated rings. The average Bonchev–Trinajstić information content (AvgIpc) is 2.45. The molecule has 2 N–H and O–H groups in total. The van der Waals surface area contributed by atoms with Crippen LogP contribution in [0.15, 0.2) is 47.4 Å². The minimum Gasteiger partial charge on any atom is -0.493 e. The van der Waals surface area contributed by atoms with Crippen LogP contribution in [0.25, 0.3) is 0 Å². The fourth-order valence-corrected chi connectivity index (χ4v) is 1.83. The number of nitro groups is 1. The van der Waals surface area contributed by atoms with Crippen LogP contribution in [0.5, 0.6) is 5.75 Å². The van der Waals surface area contributed by atoms with Crippen molar-refractivity contribution in [1.29, 1.82) is 0 Å². The molecule has 0 saturated carbocycles. The highest BCUT2D eigenvalue weighted by atomic mass is 16.6. The van der Waals surface area contributed by atoms with Crippen molar-refractivity contribution < 1.29 is 9.66 Å². The van der Waals surface area contributed by atoms with E-state index in [0.717, 1.165) is 0 Å². The Balaban J connectivity index is 1.90. The van der Waals surface area contributed by atoms with Crippen LogP contribution in [0.4, 0.5) is 11.4 Å². The molecule has 0 spiro atoms. The van der Waals surface area contributed by atoms with E-state index >= 15 is 0 Å². The minimum atomic E-state index is -0.529. The Hall–Kier alpha value is -2.83. The minimum absolute atomic E-state index is 0.105. The highest BCUT2D eigenvalue weighted by Gasteiger charge is 2.07. The van der Waals surface area contributed by atoms with Gasteiger partial charge in [0.1, 0.15) is 5.75 Å². The first kappa shape index (κ1) is 14.6. The number of anilines is 1. The van der Waals surface area contributed by atoms with E-state index in [-0.39, 0.29) is 11.2 Å². The highest BCUT2D eigenvalue weighted by molar-refractivity contribution is 5.43. The molecular formula is C14H15N3O4. The van der Waals surface area contributed by atoms with Gasteiger partial charge in [0, 0.05) is 30.4 Å². The second-order valence-electron chi connectivity index (χ2n) is 4.45. The topological polar surface area (TPSA) is 100 Å². The molecule has 2 rings (SSSR count). The normalized spacial score (nSPS) is 10.3. The molecule has 0 bridgehead atoms. The van der Waals surface area contributed by atoms with Crippen LogP contribution in [-0.2, 0) is 6.54 Å². The molecule has 0 amide bonds. The third-order valence-electron chi connectivity index (χ3n) is 2.85. The van der Waals surface area contributed by atoms with Crippen molar-refractivity contribution >= 4 is 11.4 Å². The highest BCUT2D eigenvalue weighted by Crippen LogP contribution is 2.14. The summed E-state index contributed by atoms with van der Waals surface area (Å²) in [5.74, 6) is 0.654. The van der Waals surface area contributed by atoms with E-state index in [1.54, 1.807) is 24.3 Å². The van der Waals surface area contributed by atoms with Crippen molar-refractivity contribution in [2.75, 3.05) is 12.3 Å². The molecule has 1 aromatic carbocycles. The molecule has 1 heterocycles. The first-order chi connectivity index (χ1) is 10.1. The lowest BCUT2D eigenvalue weighted by molar-refractivity contribution is -0.385. The zero-order valence-electron chi connectivity index (χ0n) is 11.3. The molecule has 0 saturated heterocycles. The van der Waals surface area contributed by atoms with E-state index in [4.69, 9.17) is 10.5 Å². The summed E-state index contributed by atoms with van der Waals surface area (Å²) in [5.41, 5.74) is 5.86. The lowest BCUT2D eigenvalue weighted by atomic mass is 10.3. The molecule has 0 atom stereocenters. The Labute approximate surface area is 120 Å². The van der Waals surface area contributed by atoms with Gasteiger partial charge in [-0.05, 0) is 18.6 Å². The molecular weight excluding hydrogens is 274 g/mol. The SMILES string of the molecule is Nc1cccc(OCCCn2cc([N+](=O)[O-])ccc2=O)c1. The summed E-state index contributed by atoms with van der Waals surface area (Å²) in [7, 11) is 0. The van der Waals surface area contributed by atoms with Gasteiger partial charge in [-0.2, -0.15) is 0 Å². The molecule has 1 aromatic heterocycles. The van der Waals surface area contributed by atoms with Crippen molar-refractivity contribution in [2.45, 2.75) is 13.0 Å². The van der Waals surface area contributed by atoms with Gasteiger partial charge in [0.2, 0.25) is 0 Å². The van der Waals surface area contributed by atoms with Gasteiger partial charge >= 0.3 is 0 Å². The van der Waals surface area contributed by atoms with E-state index in [0.29, 0.717) is 31.0 Å². The van der Waals surface area contributed by atoms with Crippen molar-refractivity contribution in [2.24, 2.45) is 0 Å². The molecule has 2 aromatic rings. The molecule has 7 nitrogen and oxygen atoms in total. The van der Waals surface area contributed by atoms with Gasteiger partial charge in [-0.3, -0.25) is 14.9 Å². The summed E-state index contributed by atoms with van der Waals surface area (Å²) >= 11 is 0. The standard InChI is InChI=1S/C14H15N3O4/c15-11-3-1-4-13(9-11)21-8-2-7-16-10-12(17(19)20)5-6-14(16)18/h1,3-6,9-10H,2,7-8,15H2. The Bertz CT molecular complexity index is 697. The van der Waals surface area contributed by atoms with Crippen LogP contribution < -0.4 is 16.0 Å². The van der Waals surface area contributed by atoms with E-state index in [2.05, 4.69) is 0 Å². The Morgan fingerprint density at radius 2 is 2.10 bits per heavy atom. The van der Waals surface area contributed by atoms with Crippen LogP contribution in [-0.4, -0.2) is 16.1 Å². The molecule has 0 aliphatic carbocycles. The largest absolute Gasteiger partial charge is 0.493 e. The summed E-state index contributed by atoms with van der Waals surface area (Å²) < 4.78 is 6.80. The molecule has 0 aliphatic rings. The lowest BCUT2D eigenvalue weighted by Crippen LogP contribution is -2.20. The first-order valence-electron chi connectivity index (χ1n) is 6.39. The lowest BCUT2D eigenvalue weighted by Gasteiger charge is -2.08. The fraction of sp³-hybridized carbons (Fsp3) is 0.214. The molecule has 0 aliphatic heterocycles. The van der Waals surface area contributed by atoms with Gasteiger partial charge in [0.25, 0.3) is 11.2 Å². The number of nitrogen functional groups attached to an aromatic ring is 1. The molecule has 110 valence electrons. The Kier molecular flexibility index (Phi) is 4.55. The van der Waals surface area contributed by atoms with Crippen molar-refractivity contribution in [1.82, 2.24) is 4.57 Å². The zero-order chi connectivity index (χ0) is 15.2. The predicted octanol–water partition coefficient (Wildman–Crippen LogP) is 1.81. The smallest absolute Gasteiger partial charge is 0.285 e. The maximum atomic E-state index is 11.6. The summed E-state index contributed by atoms with van der Waals surface area (Å²) in [6.07, 6.45) is 1.79. The molecule has 0 radical (unpaired) electrons. The van der Waals surface area contributed by atoms with Gasteiger partial charge in [0.05, 0.1) is 17.7 Å². The Morgan fingerprint density at radius 3 is 2.81 bits per heavy atom. The second-order valence-corrected chi connectivity index (χ2v) is 4.45. The molecule has 7 heteroatoms. The Morgan fingerprint density at radius 1 is 1.29 bits per heavy atom. The number of ether oxygens (including phenoxy) is 1. The van der Waals surface area contributed by atoms with Gasteiger partial charge in [-0.15, -0.1) is 0 Å². The summed E-state index contributed by atoms with van der Waals surface area (Å²) in [4.78, 5) is 21.7. The number of hydrogen-bond donors (Lipinski definition) is 1. The number of pyridine rings is 1. The average molecular weight is 289 g/mol. The van der Waals surface area contributed by atoms with Crippen LogP contribution in [0.3, 0.4) is 0 Å². The third-order valence-corrected chi connectivity index (χ3v) is 2.85. The second kappa shape index (κ2) is 6.56. The number of hydrogen-bond acceptors (Lipinski definition) is 5. The fourth-order valence-electron chi connectivity index (χ4n) is 1.83. The zero-order valence-corrected chi connectivity index (χ0v) is 11.3. The van der Waals surface area contributed by atoms with Crippen molar-refractivity contribution in [3.05, 3.63) is 63.1 Å². The van der Waals surface area contributed by atoms with E-state index in [1.807, 2.05) is 0 Å². The number of aryl methyl sites for hydroxylation is 1. The van der Waals surface area contributed by atoms with Crippen molar-refractivity contribution in [3.8, 4) is 5.75 Å². The number of nitrogens with two attached hydrogens (primary N) is 1. The summed E-state index contributed by atoms with van der Waals surface area (Å²) in [5, 5.41) is 10.7. The number of rotatable bonds is 6. The predicted molar refractivity (Wildman–Crippen MR) is 78.3 cm³/mol. The maximum absolute atomic E-state index is 11.6. The maximum Gasteiger partial charge on any atom is 0.285 e. The van der Waals surface area contributed by atoms with Gasteiger partial charge in [-0.25, -0.2) is 0 Å². The quantitative estimate of drug-likeness (QED) is 0.378. The van der Waals surface area contributed by atoms with E-state index in [1.165, 1.54) is 22.9 Å². The van der Waals surface area contributed by atoms with E-state index in [9.17, 15) is 14.9 Å². The van der Waals surface area contributed by atoms with E-state index < -0.39 is 4.92 Å². The summed E-state index contributed by atoms with van der Waals surface area (Å²) in [6, 6.07) is 9.43. The number of benzene rings is 1. The van der Waals surface area contributed by atoms with Crippen molar-refractivity contribution in [3.63, 3.8) is 0 Å². The van der Waals surface area contributed by atoms with Crippen LogP contribution in [0.1, 0.15) is 6.42 Å².